The van der Waals surface area contributed by atoms with Crippen LogP contribution < -0.4 is 20.2 Å². The summed E-state index contributed by atoms with van der Waals surface area (Å²) in [5.74, 6) is -0.128. The number of carbonyl (C=O) groups is 2. The number of ether oxygens (including phenoxy) is 2. The van der Waals surface area contributed by atoms with Crippen LogP contribution in [-0.4, -0.2) is 43.4 Å². The van der Waals surface area contributed by atoms with E-state index in [1.807, 2.05) is 6.92 Å². The van der Waals surface area contributed by atoms with E-state index in [0.29, 0.717) is 41.2 Å². The van der Waals surface area contributed by atoms with Gasteiger partial charge in [0.1, 0.15) is 5.75 Å². The minimum Gasteiger partial charge on any atom is -0.504 e. The number of hydrogen-bond acceptors (Lipinski definition) is 6. The Bertz CT molecular complexity index is 940. The summed E-state index contributed by atoms with van der Waals surface area (Å²) < 4.78 is 10.6. The number of phenols is 1. The van der Waals surface area contributed by atoms with E-state index < -0.39 is 11.8 Å². The Kier molecular flexibility index (Phi) is 8.43. The molecule has 0 saturated carbocycles. The van der Waals surface area contributed by atoms with Gasteiger partial charge in [-0.25, -0.2) is 5.43 Å². The standard InChI is InChI=1S/C22H25N3O5/c1-4-8-16-11-15(12-19(21(16)27)30-5-2)13-24-25-20(26)14-23-22(28)17-9-6-7-10-18(17)29-3/h4,6-7,9-13,27H,1,5,8,14H2,2-3H3,(H,23,28)(H,25,26)/b24-13+. The van der Waals surface area contributed by atoms with E-state index in [1.165, 1.54) is 13.3 Å². The van der Waals surface area contributed by atoms with Crippen LogP contribution in [0.15, 0.2) is 54.2 Å². The van der Waals surface area contributed by atoms with Gasteiger partial charge in [-0.2, -0.15) is 5.10 Å². The van der Waals surface area contributed by atoms with Crippen LogP contribution in [0.2, 0.25) is 0 Å². The molecule has 2 amide bonds. The molecule has 2 aromatic carbocycles. The highest BCUT2D eigenvalue weighted by atomic mass is 16.5. The van der Waals surface area contributed by atoms with E-state index in [2.05, 4.69) is 22.4 Å². The third kappa shape index (κ3) is 6.10. The molecule has 0 unspecified atom stereocenters. The summed E-state index contributed by atoms with van der Waals surface area (Å²) in [6, 6.07) is 10.1. The Hall–Kier alpha value is -3.81. The number of aromatic hydroxyl groups is 1. The molecular weight excluding hydrogens is 386 g/mol. The van der Waals surface area contributed by atoms with Gasteiger partial charge in [0.05, 0.1) is 32.0 Å². The van der Waals surface area contributed by atoms with Crippen molar-refractivity contribution in [3.63, 3.8) is 0 Å². The summed E-state index contributed by atoms with van der Waals surface area (Å²) in [6.07, 6.45) is 3.54. The number of nitrogens with one attached hydrogen (secondary N) is 2. The zero-order valence-corrected chi connectivity index (χ0v) is 17.0. The third-order valence-electron chi connectivity index (χ3n) is 4.00. The number of para-hydroxylation sites is 1. The summed E-state index contributed by atoms with van der Waals surface area (Å²) in [5, 5.41) is 16.6. The van der Waals surface area contributed by atoms with Gasteiger partial charge < -0.3 is 19.9 Å². The van der Waals surface area contributed by atoms with Gasteiger partial charge in [-0.3, -0.25) is 9.59 Å². The molecule has 8 heteroatoms. The van der Waals surface area contributed by atoms with Crippen LogP contribution in [0.4, 0.5) is 0 Å². The van der Waals surface area contributed by atoms with Gasteiger partial charge in [0, 0.05) is 5.56 Å². The van der Waals surface area contributed by atoms with Crippen LogP contribution in [0.5, 0.6) is 17.2 Å². The molecule has 0 bridgehead atoms. The van der Waals surface area contributed by atoms with Crippen molar-refractivity contribution in [2.75, 3.05) is 20.3 Å². The Balaban J connectivity index is 1.97. The normalized spacial score (nSPS) is 10.5. The molecule has 0 fully saturated rings. The first-order valence-electron chi connectivity index (χ1n) is 9.32. The molecule has 2 rings (SSSR count). The number of amides is 2. The summed E-state index contributed by atoms with van der Waals surface area (Å²) in [7, 11) is 1.47. The molecule has 0 aliphatic carbocycles. The zero-order valence-electron chi connectivity index (χ0n) is 17.0. The van der Waals surface area contributed by atoms with E-state index >= 15 is 0 Å². The molecule has 0 aliphatic rings. The van der Waals surface area contributed by atoms with Crippen molar-refractivity contribution in [1.82, 2.24) is 10.7 Å². The van der Waals surface area contributed by atoms with Crippen LogP contribution in [0.3, 0.4) is 0 Å². The molecule has 3 N–H and O–H groups in total. The highest BCUT2D eigenvalue weighted by Gasteiger charge is 2.12. The molecule has 0 spiro atoms. The molecular formula is C22H25N3O5. The number of hydrazone groups is 1. The number of allylic oxidation sites excluding steroid dienone is 1. The summed E-state index contributed by atoms with van der Waals surface area (Å²) in [6.45, 7) is 5.62. The number of rotatable bonds is 10. The molecule has 0 saturated heterocycles. The van der Waals surface area contributed by atoms with Gasteiger partial charge in [-0.15, -0.1) is 6.58 Å². The van der Waals surface area contributed by atoms with Gasteiger partial charge >= 0.3 is 0 Å². The van der Waals surface area contributed by atoms with Gasteiger partial charge in [-0.1, -0.05) is 18.2 Å². The number of nitrogens with zero attached hydrogens (tertiary/aromatic N) is 1. The van der Waals surface area contributed by atoms with Crippen LogP contribution in [0.25, 0.3) is 0 Å². The highest BCUT2D eigenvalue weighted by Crippen LogP contribution is 2.31. The number of carbonyl (C=O) groups excluding carboxylic acids is 2. The minimum atomic E-state index is -0.496. The van der Waals surface area contributed by atoms with E-state index in [9.17, 15) is 14.7 Å². The first-order valence-corrected chi connectivity index (χ1v) is 9.32. The fraction of sp³-hybridized carbons (Fsp3) is 0.227. The van der Waals surface area contributed by atoms with Gasteiger partial charge in [-0.05, 0) is 43.2 Å². The second-order valence-corrected chi connectivity index (χ2v) is 6.13. The molecule has 0 aliphatic heterocycles. The predicted molar refractivity (Wildman–Crippen MR) is 114 cm³/mol. The van der Waals surface area contributed by atoms with E-state index in [-0.39, 0.29) is 12.3 Å². The van der Waals surface area contributed by atoms with Crippen LogP contribution >= 0.6 is 0 Å². The van der Waals surface area contributed by atoms with Crippen molar-refractivity contribution in [2.24, 2.45) is 5.10 Å². The average Bonchev–Trinajstić information content (AvgIpc) is 2.75. The second-order valence-electron chi connectivity index (χ2n) is 6.13. The molecule has 0 heterocycles. The Morgan fingerprint density at radius 1 is 1.23 bits per heavy atom. The minimum absolute atomic E-state index is 0.0528. The lowest BCUT2D eigenvalue weighted by Crippen LogP contribution is -2.35. The van der Waals surface area contributed by atoms with Crippen molar-refractivity contribution in [2.45, 2.75) is 13.3 Å². The molecule has 8 nitrogen and oxygen atoms in total. The smallest absolute Gasteiger partial charge is 0.259 e. The average molecular weight is 411 g/mol. The Labute approximate surface area is 175 Å². The molecule has 0 aromatic heterocycles. The van der Waals surface area contributed by atoms with E-state index in [4.69, 9.17) is 9.47 Å². The largest absolute Gasteiger partial charge is 0.504 e. The molecule has 0 radical (unpaired) electrons. The number of phenolic OH excluding ortho intramolecular Hbond substituents is 1. The maximum absolute atomic E-state index is 12.2. The Morgan fingerprint density at radius 2 is 2.00 bits per heavy atom. The first-order chi connectivity index (χ1) is 14.5. The number of methoxy groups -OCH3 is 1. The predicted octanol–water partition coefficient (Wildman–Crippen LogP) is 2.41. The fourth-order valence-electron chi connectivity index (χ4n) is 2.65. The lowest BCUT2D eigenvalue weighted by atomic mass is 10.1. The molecule has 158 valence electrons. The quantitative estimate of drug-likeness (QED) is 0.316. The van der Waals surface area contributed by atoms with E-state index in [0.717, 1.165) is 0 Å². The van der Waals surface area contributed by atoms with Crippen LogP contribution in [0, 0.1) is 0 Å². The van der Waals surface area contributed by atoms with Gasteiger partial charge in [0.15, 0.2) is 11.5 Å². The van der Waals surface area contributed by atoms with Crippen LogP contribution in [0.1, 0.15) is 28.4 Å². The number of benzene rings is 2. The maximum atomic E-state index is 12.2. The first kappa shape index (κ1) is 22.5. The van der Waals surface area contributed by atoms with Gasteiger partial charge in [0.2, 0.25) is 0 Å². The van der Waals surface area contributed by atoms with Crippen molar-refractivity contribution >= 4 is 18.0 Å². The van der Waals surface area contributed by atoms with Crippen molar-refractivity contribution < 1.29 is 24.2 Å². The monoisotopic (exact) mass is 411 g/mol. The molecule has 30 heavy (non-hydrogen) atoms. The Morgan fingerprint density at radius 3 is 2.70 bits per heavy atom. The SMILES string of the molecule is C=CCc1cc(/C=N/NC(=O)CNC(=O)c2ccccc2OC)cc(OCC)c1O. The lowest BCUT2D eigenvalue weighted by Gasteiger charge is -2.11. The van der Waals surface area contributed by atoms with Crippen molar-refractivity contribution in [3.05, 3.63) is 65.7 Å². The molecule has 2 aromatic rings. The number of hydrogen-bond donors (Lipinski definition) is 3. The van der Waals surface area contributed by atoms with Crippen molar-refractivity contribution in [1.29, 1.82) is 0 Å². The second kappa shape index (κ2) is 11.3. The van der Waals surface area contributed by atoms with Crippen LogP contribution in [-0.2, 0) is 11.2 Å². The molecule has 0 atom stereocenters. The maximum Gasteiger partial charge on any atom is 0.259 e. The summed E-state index contributed by atoms with van der Waals surface area (Å²) in [4.78, 5) is 24.2. The fourth-order valence-corrected chi connectivity index (χ4v) is 2.65. The summed E-state index contributed by atoms with van der Waals surface area (Å²) >= 11 is 0. The van der Waals surface area contributed by atoms with Gasteiger partial charge in [0.25, 0.3) is 11.8 Å². The topological polar surface area (TPSA) is 109 Å². The lowest BCUT2D eigenvalue weighted by molar-refractivity contribution is -0.120. The third-order valence-corrected chi connectivity index (χ3v) is 4.00. The summed E-state index contributed by atoms with van der Waals surface area (Å²) in [5.41, 5.74) is 3.94. The highest BCUT2D eigenvalue weighted by molar-refractivity contribution is 5.98. The van der Waals surface area contributed by atoms with E-state index in [1.54, 1.807) is 42.5 Å². The zero-order chi connectivity index (χ0) is 21.9. The van der Waals surface area contributed by atoms with Crippen molar-refractivity contribution in [3.8, 4) is 17.2 Å².